The summed E-state index contributed by atoms with van der Waals surface area (Å²) >= 11 is 0. The Bertz CT molecular complexity index is 1050. The quantitative estimate of drug-likeness (QED) is 0.695. The fourth-order valence-electron chi connectivity index (χ4n) is 3.84. The van der Waals surface area contributed by atoms with Crippen molar-refractivity contribution in [2.45, 2.75) is 23.8 Å². The number of sulfonamides is 1. The van der Waals surface area contributed by atoms with Gasteiger partial charge in [-0.1, -0.05) is 0 Å². The van der Waals surface area contributed by atoms with Crippen molar-refractivity contribution in [3.05, 3.63) is 59.9 Å². The van der Waals surface area contributed by atoms with Gasteiger partial charge < -0.3 is 14.5 Å². The molecule has 2 fully saturated rings. The molecule has 2 aliphatic rings. The number of nitrogens with one attached hydrogen (secondary N) is 1. The number of amides is 2. The summed E-state index contributed by atoms with van der Waals surface area (Å²) in [7, 11) is -3.66. The van der Waals surface area contributed by atoms with Crippen LogP contribution in [0.5, 0.6) is 0 Å². The molecule has 32 heavy (non-hydrogen) atoms. The van der Waals surface area contributed by atoms with E-state index in [0.717, 1.165) is 12.8 Å². The third kappa shape index (κ3) is 5.14. The Morgan fingerprint density at radius 2 is 1.50 bits per heavy atom. The monoisotopic (exact) mass is 458 g/mol. The van der Waals surface area contributed by atoms with Crippen molar-refractivity contribution in [3.63, 3.8) is 0 Å². The van der Waals surface area contributed by atoms with Gasteiger partial charge in [0.1, 0.15) is 0 Å². The molecule has 4 rings (SSSR count). The summed E-state index contributed by atoms with van der Waals surface area (Å²) in [5.41, 5.74) is 0.988. The molecule has 1 aromatic heterocycles. The second-order valence-electron chi connectivity index (χ2n) is 7.83. The number of piperazine rings is 1. The number of aromatic nitrogens is 1. The molecule has 0 saturated carbocycles. The smallest absolute Gasteiger partial charge is 0.254 e. The zero-order valence-corrected chi connectivity index (χ0v) is 18.5. The molecule has 170 valence electrons. The number of nitrogens with zero attached hydrogens (tertiary/aromatic N) is 3. The number of hydrogen-bond donors (Lipinski definition) is 1. The first kappa shape index (κ1) is 22.4. The van der Waals surface area contributed by atoms with Crippen LogP contribution < -0.4 is 4.72 Å². The minimum absolute atomic E-state index is 0.0791. The van der Waals surface area contributed by atoms with Gasteiger partial charge in [0.25, 0.3) is 11.8 Å². The topological polar surface area (TPSA) is 109 Å². The number of carbonyl (C=O) groups is 2. The molecule has 0 aliphatic carbocycles. The van der Waals surface area contributed by atoms with Gasteiger partial charge in [-0.3, -0.25) is 14.6 Å². The molecular weight excluding hydrogens is 432 g/mol. The van der Waals surface area contributed by atoms with Crippen LogP contribution in [0.3, 0.4) is 0 Å². The SMILES string of the molecule is O=C(c1ccncc1)N1CCN(C(=O)c2ccc(S(=O)(=O)NC[C@@H]3CCCO3)cc2)CC1. The maximum atomic E-state index is 12.8. The maximum absolute atomic E-state index is 12.8. The molecule has 9 nitrogen and oxygen atoms in total. The van der Waals surface area contributed by atoms with Gasteiger partial charge >= 0.3 is 0 Å². The van der Waals surface area contributed by atoms with Gasteiger partial charge in [0.05, 0.1) is 11.0 Å². The first-order valence-electron chi connectivity index (χ1n) is 10.6. The van der Waals surface area contributed by atoms with Crippen molar-refractivity contribution in [2.75, 3.05) is 39.3 Å². The minimum atomic E-state index is -3.66. The van der Waals surface area contributed by atoms with E-state index >= 15 is 0 Å². The molecule has 1 N–H and O–H groups in total. The summed E-state index contributed by atoms with van der Waals surface area (Å²) in [6.07, 6.45) is 4.85. The van der Waals surface area contributed by atoms with Gasteiger partial charge in [0.15, 0.2) is 0 Å². The average Bonchev–Trinajstić information content (AvgIpc) is 3.37. The second-order valence-corrected chi connectivity index (χ2v) is 9.60. The molecule has 2 amide bonds. The summed E-state index contributed by atoms with van der Waals surface area (Å²) in [5.74, 6) is -0.262. The third-order valence-electron chi connectivity index (χ3n) is 5.72. The van der Waals surface area contributed by atoms with E-state index in [4.69, 9.17) is 4.74 Å². The number of pyridine rings is 1. The molecule has 3 heterocycles. The predicted octanol–water partition coefficient (Wildman–Crippen LogP) is 1.14. The van der Waals surface area contributed by atoms with Crippen LogP contribution in [0.2, 0.25) is 0 Å². The fourth-order valence-corrected chi connectivity index (χ4v) is 4.91. The van der Waals surface area contributed by atoms with Gasteiger partial charge in [-0.2, -0.15) is 0 Å². The zero-order chi connectivity index (χ0) is 22.6. The highest BCUT2D eigenvalue weighted by Crippen LogP contribution is 2.16. The van der Waals surface area contributed by atoms with E-state index < -0.39 is 10.0 Å². The van der Waals surface area contributed by atoms with E-state index in [0.29, 0.717) is 43.9 Å². The molecule has 1 atom stereocenters. The van der Waals surface area contributed by atoms with Crippen molar-refractivity contribution >= 4 is 21.8 Å². The normalized spacial score (nSPS) is 19.2. The van der Waals surface area contributed by atoms with E-state index in [1.165, 1.54) is 24.3 Å². The van der Waals surface area contributed by atoms with Crippen molar-refractivity contribution < 1.29 is 22.7 Å². The summed E-state index contributed by atoms with van der Waals surface area (Å²) in [6.45, 7) is 2.61. The standard InChI is InChI=1S/C22H26N4O5S/c27-21(25-11-13-26(14-12-25)22(28)18-7-9-23-10-8-18)17-3-5-20(6-4-17)32(29,30)24-16-19-2-1-15-31-19/h3-10,19,24H,1-2,11-16H2/t19-/m0/s1. The van der Waals surface area contributed by atoms with E-state index in [1.807, 2.05) is 0 Å². The third-order valence-corrected chi connectivity index (χ3v) is 7.16. The molecule has 2 aromatic rings. The Labute approximate surface area is 187 Å². The van der Waals surface area contributed by atoms with Crippen LogP contribution in [-0.4, -0.2) is 80.5 Å². The number of carbonyl (C=O) groups excluding carboxylic acids is 2. The lowest BCUT2D eigenvalue weighted by Gasteiger charge is -2.34. The summed E-state index contributed by atoms with van der Waals surface area (Å²) < 4.78 is 33.0. The van der Waals surface area contributed by atoms with Crippen molar-refractivity contribution in [2.24, 2.45) is 0 Å². The summed E-state index contributed by atoms with van der Waals surface area (Å²) in [4.78, 5) is 32.8. The van der Waals surface area contributed by atoms with Crippen LogP contribution in [0.4, 0.5) is 0 Å². The highest BCUT2D eigenvalue weighted by Gasteiger charge is 2.26. The molecule has 0 radical (unpaired) electrons. The van der Waals surface area contributed by atoms with E-state index in [1.54, 1.807) is 34.3 Å². The highest BCUT2D eigenvalue weighted by atomic mass is 32.2. The van der Waals surface area contributed by atoms with Gasteiger partial charge in [-0.25, -0.2) is 13.1 Å². The van der Waals surface area contributed by atoms with Crippen LogP contribution in [0.1, 0.15) is 33.6 Å². The van der Waals surface area contributed by atoms with Crippen LogP contribution in [0.25, 0.3) is 0 Å². The average molecular weight is 459 g/mol. The van der Waals surface area contributed by atoms with Gasteiger partial charge in [-0.05, 0) is 49.2 Å². The number of rotatable bonds is 6. The Hall–Kier alpha value is -2.82. The first-order valence-corrected chi connectivity index (χ1v) is 12.1. The van der Waals surface area contributed by atoms with Gasteiger partial charge in [0, 0.05) is 62.9 Å². The summed E-state index contributed by atoms with van der Waals surface area (Å²) in [5, 5.41) is 0. The number of ether oxygens (including phenoxy) is 1. The largest absolute Gasteiger partial charge is 0.377 e. The zero-order valence-electron chi connectivity index (χ0n) is 17.6. The molecule has 2 saturated heterocycles. The van der Waals surface area contributed by atoms with Crippen LogP contribution >= 0.6 is 0 Å². The van der Waals surface area contributed by atoms with Crippen molar-refractivity contribution in [1.29, 1.82) is 0 Å². The van der Waals surface area contributed by atoms with Gasteiger partial charge in [-0.15, -0.1) is 0 Å². The van der Waals surface area contributed by atoms with Crippen molar-refractivity contribution in [1.82, 2.24) is 19.5 Å². The van der Waals surface area contributed by atoms with Crippen LogP contribution in [-0.2, 0) is 14.8 Å². The maximum Gasteiger partial charge on any atom is 0.254 e. The van der Waals surface area contributed by atoms with E-state index in [-0.39, 0.29) is 29.4 Å². The Kier molecular flexibility index (Phi) is 6.83. The lowest BCUT2D eigenvalue weighted by molar-refractivity contribution is 0.0535. The molecule has 10 heteroatoms. The highest BCUT2D eigenvalue weighted by molar-refractivity contribution is 7.89. The van der Waals surface area contributed by atoms with E-state index in [2.05, 4.69) is 9.71 Å². The molecule has 0 spiro atoms. The fraction of sp³-hybridized carbons (Fsp3) is 0.409. The van der Waals surface area contributed by atoms with Crippen LogP contribution in [0.15, 0.2) is 53.7 Å². The lowest BCUT2D eigenvalue weighted by atomic mass is 10.1. The van der Waals surface area contributed by atoms with Gasteiger partial charge in [0.2, 0.25) is 10.0 Å². The van der Waals surface area contributed by atoms with Crippen molar-refractivity contribution in [3.8, 4) is 0 Å². The molecule has 1 aromatic carbocycles. The molecule has 0 unspecified atom stereocenters. The Morgan fingerprint density at radius 1 is 0.938 bits per heavy atom. The molecular formula is C22H26N4O5S. The molecule has 0 bridgehead atoms. The van der Waals surface area contributed by atoms with Crippen LogP contribution in [0, 0.1) is 0 Å². The number of benzene rings is 1. The minimum Gasteiger partial charge on any atom is -0.377 e. The predicted molar refractivity (Wildman–Crippen MR) is 117 cm³/mol. The molecule has 2 aliphatic heterocycles. The lowest BCUT2D eigenvalue weighted by Crippen LogP contribution is -2.50. The van der Waals surface area contributed by atoms with E-state index in [9.17, 15) is 18.0 Å². The first-order chi connectivity index (χ1) is 15.4. The number of hydrogen-bond acceptors (Lipinski definition) is 6. The Morgan fingerprint density at radius 3 is 2.03 bits per heavy atom. The second kappa shape index (κ2) is 9.76. The summed E-state index contributed by atoms with van der Waals surface area (Å²) in [6, 6.07) is 9.27. The Balaban J connectivity index is 1.32.